The van der Waals surface area contributed by atoms with E-state index >= 15 is 0 Å². The summed E-state index contributed by atoms with van der Waals surface area (Å²) < 4.78 is 16.2. The molecule has 1 unspecified atom stereocenters. The normalized spacial score (nSPS) is 24.6. The quantitative estimate of drug-likeness (QED) is 0.774. The van der Waals surface area contributed by atoms with Crippen molar-refractivity contribution in [2.45, 2.75) is 32.1 Å². The number of rotatable bonds is 4. The number of hydrogen-bond acceptors (Lipinski definition) is 4. The molecule has 3 atom stereocenters. The fourth-order valence-corrected chi connectivity index (χ4v) is 3.79. The molecule has 2 aromatic heterocycles. The van der Waals surface area contributed by atoms with Gasteiger partial charge in [0.05, 0.1) is 30.2 Å². The van der Waals surface area contributed by atoms with Gasteiger partial charge in [0.1, 0.15) is 6.10 Å². The second-order valence-corrected chi connectivity index (χ2v) is 7.47. The average molecular weight is 374 g/mol. The van der Waals surface area contributed by atoms with Crippen LogP contribution in [-0.2, 0) is 24.8 Å². The second-order valence-electron chi connectivity index (χ2n) is 7.47. The summed E-state index contributed by atoms with van der Waals surface area (Å²) in [4.78, 5) is 9.15. The highest BCUT2D eigenvalue weighted by Crippen LogP contribution is 2.31. The van der Waals surface area contributed by atoms with Crippen LogP contribution in [0.5, 0.6) is 6.01 Å². The number of fused-ring (bicyclic) bond motifs is 3. The Morgan fingerprint density at radius 1 is 1.39 bits per heavy atom. The first-order chi connectivity index (χ1) is 13.7. The van der Waals surface area contributed by atoms with Crippen molar-refractivity contribution in [1.29, 1.82) is 0 Å². The number of imidazole rings is 1. The summed E-state index contributed by atoms with van der Waals surface area (Å²) >= 11 is 0. The molecule has 2 aliphatic heterocycles. The van der Waals surface area contributed by atoms with Gasteiger partial charge >= 0.3 is 0 Å². The molecule has 2 aromatic rings. The molecule has 0 amide bonds. The maximum absolute atomic E-state index is 6.00. The van der Waals surface area contributed by atoms with E-state index < -0.39 is 0 Å². The summed E-state index contributed by atoms with van der Waals surface area (Å²) in [5.74, 6) is 6.68. The highest BCUT2D eigenvalue weighted by molar-refractivity contribution is 5.80. The number of aliphatic imine (C=N–C) groups is 1. The van der Waals surface area contributed by atoms with Crippen molar-refractivity contribution in [3.05, 3.63) is 47.6 Å². The third-order valence-electron chi connectivity index (χ3n) is 5.28. The third-order valence-corrected chi connectivity index (χ3v) is 5.28. The number of hydrogen-bond donors (Lipinski definition) is 0. The number of allylic oxidation sites excluding steroid dienone is 2. The van der Waals surface area contributed by atoms with E-state index in [0.29, 0.717) is 18.5 Å². The van der Waals surface area contributed by atoms with Crippen LogP contribution in [0.25, 0.3) is 11.8 Å². The maximum atomic E-state index is 6.00. The standard InChI is InChI=1S/C22H22N4O2/c1-15-8-9-19-21(11-15)26-13-17(28-22(26)24-19)14-27-16-5-3-6-18(23-12-16)20-7-4-10-25(20)2/h4,6-10,12,15-17H,11,13-14H2,1-2H3/t15?,16-,17+/m1/s1. The van der Waals surface area contributed by atoms with Crippen LogP contribution in [0.3, 0.4) is 0 Å². The lowest BCUT2D eigenvalue weighted by Crippen LogP contribution is -2.26. The first-order valence-electron chi connectivity index (χ1n) is 9.60. The third kappa shape index (κ3) is 3.08. The summed E-state index contributed by atoms with van der Waals surface area (Å²) in [6, 6.07) is 4.72. The fourth-order valence-electron chi connectivity index (χ4n) is 3.79. The van der Waals surface area contributed by atoms with Crippen LogP contribution in [0.2, 0.25) is 0 Å². The monoisotopic (exact) mass is 374 g/mol. The zero-order chi connectivity index (χ0) is 19.1. The molecule has 5 rings (SSSR count). The van der Waals surface area contributed by atoms with Crippen molar-refractivity contribution in [2.75, 3.05) is 6.61 Å². The zero-order valence-electron chi connectivity index (χ0n) is 16.0. The molecule has 1 aliphatic carbocycles. The first kappa shape index (κ1) is 17.1. The van der Waals surface area contributed by atoms with Gasteiger partial charge in [-0.15, -0.1) is 0 Å². The van der Waals surface area contributed by atoms with Gasteiger partial charge in [0.15, 0.2) is 6.10 Å². The summed E-state index contributed by atoms with van der Waals surface area (Å²) in [6.45, 7) is 3.44. The van der Waals surface area contributed by atoms with Crippen molar-refractivity contribution < 1.29 is 9.47 Å². The number of aryl methyl sites for hydroxylation is 1. The Bertz CT molecular complexity index is 1060. The lowest BCUT2D eigenvalue weighted by Gasteiger charge is -2.15. The van der Waals surface area contributed by atoms with Crippen molar-refractivity contribution in [2.24, 2.45) is 18.0 Å². The molecule has 28 heavy (non-hydrogen) atoms. The minimum Gasteiger partial charge on any atom is -0.457 e. The minimum atomic E-state index is -0.345. The van der Waals surface area contributed by atoms with Crippen molar-refractivity contribution >= 4 is 18.0 Å². The average Bonchev–Trinajstić information content (AvgIpc) is 3.31. The van der Waals surface area contributed by atoms with Crippen molar-refractivity contribution in [1.82, 2.24) is 14.1 Å². The molecule has 0 bridgehead atoms. The number of aromatic nitrogens is 3. The highest BCUT2D eigenvalue weighted by Gasteiger charge is 2.30. The van der Waals surface area contributed by atoms with E-state index in [2.05, 4.69) is 45.5 Å². The topological polar surface area (TPSA) is 53.6 Å². The lowest BCUT2D eigenvalue weighted by atomic mass is 9.98. The van der Waals surface area contributed by atoms with Crippen LogP contribution in [-0.4, -0.2) is 39.1 Å². The van der Waals surface area contributed by atoms with Gasteiger partial charge in [-0.05, 0) is 30.5 Å². The molecule has 0 fully saturated rings. The van der Waals surface area contributed by atoms with E-state index in [1.807, 2.05) is 36.0 Å². The number of ether oxygens (including phenoxy) is 2. The van der Waals surface area contributed by atoms with E-state index in [1.54, 1.807) is 6.21 Å². The molecule has 4 heterocycles. The zero-order valence-corrected chi connectivity index (χ0v) is 16.0. The molecule has 6 nitrogen and oxygen atoms in total. The predicted octanol–water partition coefficient (Wildman–Crippen LogP) is 2.70. The molecule has 0 N–H and O–H groups in total. The molecule has 0 radical (unpaired) electrons. The van der Waals surface area contributed by atoms with Crippen LogP contribution in [0.15, 0.2) is 35.5 Å². The van der Waals surface area contributed by atoms with Crippen LogP contribution in [0, 0.1) is 17.8 Å². The first-order valence-corrected chi connectivity index (χ1v) is 9.60. The molecule has 0 aromatic carbocycles. The molecular formula is C22H22N4O2. The van der Waals surface area contributed by atoms with E-state index in [0.717, 1.165) is 30.1 Å². The summed E-state index contributed by atoms with van der Waals surface area (Å²) in [5.41, 5.74) is 4.18. The molecule has 3 aliphatic rings. The van der Waals surface area contributed by atoms with E-state index in [4.69, 9.17) is 9.47 Å². The van der Waals surface area contributed by atoms with E-state index in [-0.39, 0.29) is 12.2 Å². The van der Waals surface area contributed by atoms with Crippen LogP contribution < -0.4 is 4.74 Å². The van der Waals surface area contributed by atoms with Gasteiger partial charge in [-0.3, -0.25) is 9.56 Å². The lowest BCUT2D eigenvalue weighted by molar-refractivity contribution is 0.0572. The van der Waals surface area contributed by atoms with E-state index in [1.165, 1.54) is 5.69 Å². The smallest absolute Gasteiger partial charge is 0.297 e. The Morgan fingerprint density at radius 2 is 2.32 bits per heavy atom. The molecule has 142 valence electrons. The maximum Gasteiger partial charge on any atom is 0.297 e. The Morgan fingerprint density at radius 3 is 3.18 bits per heavy atom. The predicted molar refractivity (Wildman–Crippen MR) is 108 cm³/mol. The molecule has 0 saturated carbocycles. The summed E-state index contributed by atoms with van der Waals surface area (Å²) in [7, 11) is 1.99. The van der Waals surface area contributed by atoms with Gasteiger partial charge in [-0.1, -0.05) is 24.8 Å². The minimum absolute atomic E-state index is 0.0484. The Labute approximate surface area is 164 Å². The van der Waals surface area contributed by atoms with Gasteiger partial charge in [0.25, 0.3) is 6.01 Å². The van der Waals surface area contributed by atoms with Crippen LogP contribution >= 0.6 is 0 Å². The molecule has 0 saturated heterocycles. The molecular weight excluding hydrogens is 352 g/mol. The molecule has 6 heteroatoms. The SMILES string of the molecule is CC1C=Cc2nc3n(c2C1)C[C@@H](CO[C@@H]1C#CC=C(c2cccn2C)N=C1)O3. The van der Waals surface area contributed by atoms with Gasteiger partial charge in [-0.2, -0.15) is 4.98 Å². The Kier molecular flexibility index (Phi) is 4.18. The van der Waals surface area contributed by atoms with Crippen LogP contribution in [0.1, 0.15) is 24.0 Å². The fraction of sp³-hybridized carbons (Fsp3) is 0.364. The summed E-state index contributed by atoms with van der Waals surface area (Å²) in [5, 5.41) is 0. The highest BCUT2D eigenvalue weighted by atomic mass is 16.6. The molecule has 0 spiro atoms. The Hall–Kier alpha value is -3.04. The van der Waals surface area contributed by atoms with Crippen molar-refractivity contribution in [3.63, 3.8) is 0 Å². The summed E-state index contributed by atoms with van der Waals surface area (Å²) in [6.07, 6.45) is 10.5. The van der Waals surface area contributed by atoms with Gasteiger partial charge in [0.2, 0.25) is 0 Å². The van der Waals surface area contributed by atoms with Gasteiger partial charge in [-0.25, -0.2) is 0 Å². The largest absolute Gasteiger partial charge is 0.457 e. The second kappa shape index (κ2) is 6.84. The van der Waals surface area contributed by atoms with Crippen molar-refractivity contribution in [3.8, 4) is 17.9 Å². The van der Waals surface area contributed by atoms with E-state index in [9.17, 15) is 0 Å². The van der Waals surface area contributed by atoms with Crippen LogP contribution in [0.4, 0.5) is 0 Å². The number of nitrogens with zero attached hydrogens (tertiary/aromatic N) is 4. The Balaban J connectivity index is 1.21. The van der Waals surface area contributed by atoms with Gasteiger partial charge < -0.3 is 14.0 Å². The van der Waals surface area contributed by atoms with Gasteiger partial charge in [0, 0.05) is 31.2 Å².